The highest BCUT2D eigenvalue weighted by atomic mass is 19.1. The number of amides is 1. The van der Waals surface area contributed by atoms with Crippen LogP contribution in [-0.4, -0.2) is 62.5 Å². The summed E-state index contributed by atoms with van der Waals surface area (Å²) in [6, 6.07) is -0.633. The number of nitrogens with one attached hydrogen (secondary N) is 2. The predicted molar refractivity (Wildman–Crippen MR) is 110 cm³/mol. The third-order valence-electron chi connectivity index (χ3n) is 4.99. The van der Waals surface area contributed by atoms with E-state index in [2.05, 4.69) is 32.3 Å². The minimum absolute atomic E-state index is 0.115. The molecule has 1 aliphatic heterocycles. The molecule has 1 fully saturated rings. The van der Waals surface area contributed by atoms with Gasteiger partial charge in [-0.25, -0.2) is 14.4 Å². The largest absolute Gasteiger partial charge is 0.478 e. The van der Waals surface area contributed by atoms with E-state index in [0.29, 0.717) is 35.4 Å². The number of methoxy groups -OCH3 is 1. The van der Waals surface area contributed by atoms with Gasteiger partial charge in [-0.3, -0.25) is 13.9 Å². The van der Waals surface area contributed by atoms with Gasteiger partial charge in [0.2, 0.25) is 5.91 Å². The average Bonchev–Trinajstić information content (AvgIpc) is 3.39. The molecular weight excluding hydrogens is 391 g/mol. The summed E-state index contributed by atoms with van der Waals surface area (Å²) >= 11 is 0. The van der Waals surface area contributed by atoms with Crippen LogP contribution < -0.4 is 20.3 Å². The molecule has 4 heterocycles. The lowest BCUT2D eigenvalue weighted by Gasteiger charge is -2.19. The number of carbonyl (C=O) groups excluding carboxylic acids is 1. The maximum atomic E-state index is 14.5. The molecule has 1 amide bonds. The molecule has 0 bridgehead atoms. The summed E-state index contributed by atoms with van der Waals surface area (Å²) < 4.78 is 23.3. The zero-order valence-corrected chi connectivity index (χ0v) is 17.0. The molecule has 1 aliphatic rings. The van der Waals surface area contributed by atoms with Crippen molar-refractivity contribution < 1.29 is 13.9 Å². The lowest BCUT2D eigenvalue weighted by molar-refractivity contribution is -0.117. The van der Waals surface area contributed by atoms with Crippen molar-refractivity contribution in [3.8, 4) is 5.88 Å². The Kier molecular flexibility index (Phi) is 5.02. The van der Waals surface area contributed by atoms with Gasteiger partial charge < -0.3 is 20.3 Å². The molecule has 30 heavy (non-hydrogen) atoms. The van der Waals surface area contributed by atoms with Crippen LogP contribution in [0.4, 0.5) is 21.7 Å². The standard InChI is InChI=1S/C19H23FN8O2/c1-5-16(29)22-13-9-27(7-12(13)20)15-10-28-11(2)6-21-18(28)17(24-15)23-14-8-26(3)25-19(14)30-4/h5-6,8,10,12-13H,1,7,9H2,2-4H3,(H,22,29)(H,23,24). The first-order chi connectivity index (χ1) is 14.4. The summed E-state index contributed by atoms with van der Waals surface area (Å²) in [4.78, 5) is 22.5. The molecule has 1 saturated heterocycles. The van der Waals surface area contributed by atoms with Crippen LogP contribution in [0.5, 0.6) is 5.88 Å². The number of rotatable bonds is 6. The second-order valence-electron chi connectivity index (χ2n) is 7.13. The summed E-state index contributed by atoms with van der Waals surface area (Å²) in [5.74, 6) is 1.07. The third-order valence-corrected chi connectivity index (χ3v) is 4.99. The van der Waals surface area contributed by atoms with E-state index in [1.54, 1.807) is 29.0 Å². The highest BCUT2D eigenvalue weighted by molar-refractivity contribution is 5.87. The zero-order chi connectivity index (χ0) is 21.4. The minimum Gasteiger partial charge on any atom is -0.478 e. The van der Waals surface area contributed by atoms with Crippen LogP contribution in [0.15, 0.2) is 31.2 Å². The SMILES string of the molecule is C=CC(=O)NC1CN(c2cn3c(C)cnc3c(Nc3cn(C)nc3OC)n2)CC1F. The second-order valence-corrected chi connectivity index (χ2v) is 7.13. The summed E-state index contributed by atoms with van der Waals surface area (Å²) in [6.07, 6.45) is 5.24. The molecular formula is C19H23FN8O2. The summed E-state index contributed by atoms with van der Waals surface area (Å²) in [7, 11) is 3.33. The van der Waals surface area contributed by atoms with Gasteiger partial charge in [0.05, 0.1) is 32.1 Å². The van der Waals surface area contributed by atoms with E-state index in [-0.39, 0.29) is 6.54 Å². The van der Waals surface area contributed by atoms with Gasteiger partial charge in [-0.1, -0.05) is 6.58 Å². The number of hydrogen-bond acceptors (Lipinski definition) is 7. The first kappa shape index (κ1) is 19.7. The first-order valence-electron chi connectivity index (χ1n) is 9.41. The predicted octanol–water partition coefficient (Wildman–Crippen LogP) is 1.35. The highest BCUT2D eigenvalue weighted by Gasteiger charge is 2.35. The Labute approximate surface area is 172 Å². The first-order valence-corrected chi connectivity index (χ1v) is 9.41. The second kappa shape index (κ2) is 7.65. The van der Waals surface area contributed by atoms with Crippen LogP contribution in [0.25, 0.3) is 5.65 Å². The number of anilines is 3. The van der Waals surface area contributed by atoms with Crippen LogP contribution >= 0.6 is 0 Å². The Morgan fingerprint density at radius 2 is 2.20 bits per heavy atom. The number of alkyl halides is 1. The molecule has 0 aromatic carbocycles. The molecule has 3 aromatic rings. The van der Waals surface area contributed by atoms with Gasteiger partial charge in [0.15, 0.2) is 11.5 Å². The fraction of sp³-hybridized carbons (Fsp3) is 0.368. The van der Waals surface area contributed by atoms with Crippen molar-refractivity contribution in [1.29, 1.82) is 0 Å². The van der Waals surface area contributed by atoms with Crippen LogP contribution in [0.3, 0.4) is 0 Å². The number of halogens is 1. The van der Waals surface area contributed by atoms with Crippen molar-refractivity contribution in [1.82, 2.24) is 29.5 Å². The summed E-state index contributed by atoms with van der Waals surface area (Å²) in [6.45, 7) is 5.75. The zero-order valence-electron chi connectivity index (χ0n) is 17.0. The molecule has 0 saturated carbocycles. The molecule has 0 spiro atoms. The quantitative estimate of drug-likeness (QED) is 0.587. The van der Waals surface area contributed by atoms with Crippen molar-refractivity contribution >= 4 is 28.9 Å². The van der Waals surface area contributed by atoms with Crippen molar-refractivity contribution in [2.24, 2.45) is 7.05 Å². The van der Waals surface area contributed by atoms with Crippen LogP contribution in [-0.2, 0) is 11.8 Å². The third kappa shape index (κ3) is 3.53. The van der Waals surface area contributed by atoms with Gasteiger partial charge in [-0.05, 0) is 13.0 Å². The number of nitrogens with zero attached hydrogens (tertiary/aromatic N) is 6. The Hall–Kier alpha value is -3.63. The van der Waals surface area contributed by atoms with Gasteiger partial charge in [0, 0.05) is 25.5 Å². The fourth-order valence-corrected chi connectivity index (χ4v) is 3.49. The van der Waals surface area contributed by atoms with Gasteiger partial charge in [-0.2, -0.15) is 0 Å². The number of carbonyl (C=O) groups is 1. The maximum absolute atomic E-state index is 14.5. The molecule has 2 atom stereocenters. The Bertz CT molecular complexity index is 1110. The Balaban J connectivity index is 1.69. The monoisotopic (exact) mass is 414 g/mol. The molecule has 10 nitrogen and oxygen atoms in total. The van der Waals surface area contributed by atoms with E-state index in [1.807, 2.05) is 17.5 Å². The van der Waals surface area contributed by atoms with E-state index in [1.165, 1.54) is 7.11 Å². The molecule has 0 aliphatic carbocycles. The van der Waals surface area contributed by atoms with Gasteiger partial charge in [-0.15, -0.1) is 5.10 Å². The molecule has 0 radical (unpaired) electrons. The van der Waals surface area contributed by atoms with Crippen molar-refractivity contribution in [3.63, 3.8) is 0 Å². The van der Waals surface area contributed by atoms with E-state index in [9.17, 15) is 9.18 Å². The van der Waals surface area contributed by atoms with Gasteiger partial charge in [0.1, 0.15) is 17.7 Å². The number of aromatic nitrogens is 5. The van der Waals surface area contributed by atoms with Crippen LogP contribution in [0.2, 0.25) is 0 Å². The van der Waals surface area contributed by atoms with Gasteiger partial charge >= 0.3 is 0 Å². The number of ether oxygens (including phenoxy) is 1. The lowest BCUT2D eigenvalue weighted by atomic mass is 10.2. The molecule has 2 N–H and O–H groups in total. The molecule has 4 rings (SSSR count). The maximum Gasteiger partial charge on any atom is 0.256 e. The normalized spacial score (nSPS) is 18.6. The van der Waals surface area contributed by atoms with E-state index in [0.717, 1.165) is 11.8 Å². The van der Waals surface area contributed by atoms with E-state index in [4.69, 9.17) is 4.74 Å². The number of imidazole rings is 1. The highest BCUT2D eigenvalue weighted by Crippen LogP contribution is 2.30. The van der Waals surface area contributed by atoms with Crippen LogP contribution in [0.1, 0.15) is 5.69 Å². The molecule has 158 valence electrons. The number of hydrogen-bond donors (Lipinski definition) is 2. The number of fused-ring (bicyclic) bond motifs is 1. The topological polar surface area (TPSA) is 102 Å². The van der Waals surface area contributed by atoms with Crippen molar-refractivity contribution in [2.45, 2.75) is 19.1 Å². The number of aryl methyl sites for hydroxylation is 2. The van der Waals surface area contributed by atoms with Crippen molar-refractivity contribution in [2.75, 3.05) is 30.4 Å². The smallest absolute Gasteiger partial charge is 0.256 e. The summed E-state index contributed by atoms with van der Waals surface area (Å²) in [5, 5.41) is 10.1. The molecule has 11 heteroatoms. The van der Waals surface area contributed by atoms with Crippen LogP contribution in [0, 0.1) is 6.92 Å². The summed E-state index contributed by atoms with van der Waals surface area (Å²) in [5.41, 5.74) is 2.16. The van der Waals surface area contributed by atoms with Crippen molar-refractivity contribution in [3.05, 3.63) is 36.9 Å². The average molecular weight is 414 g/mol. The molecule has 2 unspecified atom stereocenters. The minimum atomic E-state index is -1.22. The lowest BCUT2D eigenvalue weighted by Crippen LogP contribution is -2.40. The van der Waals surface area contributed by atoms with E-state index < -0.39 is 18.1 Å². The Morgan fingerprint density at radius 1 is 1.40 bits per heavy atom. The Morgan fingerprint density at radius 3 is 2.93 bits per heavy atom. The van der Waals surface area contributed by atoms with Gasteiger partial charge in [0.25, 0.3) is 5.88 Å². The van der Waals surface area contributed by atoms with E-state index >= 15 is 0 Å². The fourth-order valence-electron chi connectivity index (χ4n) is 3.49. The molecule has 3 aromatic heterocycles.